The summed E-state index contributed by atoms with van der Waals surface area (Å²) < 4.78 is 0. The van der Waals surface area contributed by atoms with Crippen LogP contribution in [-0.4, -0.2) is 11.2 Å². The second kappa shape index (κ2) is 1.03. The molecule has 0 aromatic rings. The summed E-state index contributed by atoms with van der Waals surface area (Å²) in [6, 6.07) is 0. The highest BCUT2D eigenvalue weighted by molar-refractivity contribution is 4.97. The van der Waals surface area contributed by atoms with Gasteiger partial charge < -0.3 is 5.11 Å². The molecule has 7 heavy (non-hydrogen) atoms. The van der Waals surface area contributed by atoms with Crippen molar-refractivity contribution in [2.24, 2.45) is 11.8 Å². The topological polar surface area (TPSA) is 20.2 Å². The molecule has 2 fully saturated rings. The zero-order chi connectivity index (χ0) is 4.85. The number of aliphatic hydroxyl groups is 1. The van der Waals surface area contributed by atoms with E-state index in [0.717, 1.165) is 18.3 Å². The fourth-order valence-corrected chi connectivity index (χ4v) is 1.67. The Balaban J connectivity index is 2.08. The Bertz CT molecular complexity index is 90.2. The SMILES string of the molecule is O[C@H]1CC[C@H]2C[C@H]21. The van der Waals surface area contributed by atoms with Crippen LogP contribution < -0.4 is 0 Å². The molecule has 2 aliphatic carbocycles. The first-order chi connectivity index (χ1) is 3.38. The van der Waals surface area contributed by atoms with Crippen molar-refractivity contribution in [3.63, 3.8) is 0 Å². The highest BCUT2D eigenvalue weighted by Crippen LogP contribution is 2.51. The molecule has 0 bridgehead atoms. The van der Waals surface area contributed by atoms with Crippen LogP contribution in [0.3, 0.4) is 0 Å². The van der Waals surface area contributed by atoms with Crippen LogP contribution in [0.4, 0.5) is 0 Å². The van der Waals surface area contributed by atoms with E-state index in [-0.39, 0.29) is 6.10 Å². The first-order valence-electron chi connectivity index (χ1n) is 3.06. The van der Waals surface area contributed by atoms with Crippen LogP contribution in [0.25, 0.3) is 0 Å². The van der Waals surface area contributed by atoms with Crippen molar-refractivity contribution >= 4 is 0 Å². The predicted octanol–water partition coefficient (Wildman–Crippen LogP) is 0.777. The van der Waals surface area contributed by atoms with Gasteiger partial charge in [0.15, 0.2) is 0 Å². The minimum absolute atomic E-state index is 0.0880. The summed E-state index contributed by atoms with van der Waals surface area (Å²) in [7, 11) is 0. The van der Waals surface area contributed by atoms with Gasteiger partial charge in [-0.05, 0) is 31.1 Å². The van der Waals surface area contributed by atoms with Crippen LogP contribution in [0.1, 0.15) is 19.3 Å². The minimum atomic E-state index is 0.0880. The average molecular weight is 98.1 g/mol. The minimum Gasteiger partial charge on any atom is -0.393 e. The second-order valence-electron chi connectivity index (χ2n) is 2.80. The zero-order valence-electron chi connectivity index (χ0n) is 4.30. The summed E-state index contributed by atoms with van der Waals surface area (Å²) >= 11 is 0. The van der Waals surface area contributed by atoms with Gasteiger partial charge in [-0.2, -0.15) is 0 Å². The molecule has 0 saturated heterocycles. The maximum atomic E-state index is 9.04. The molecule has 40 valence electrons. The van der Waals surface area contributed by atoms with Crippen LogP contribution in [0.2, 0.25) is 0 Å². The van der Waals surface area contributed by atoms with Gasteiger partial charge in [0, 0.05) is 0 Å². The van der Waals surface area contributed by atoms with Crippen molar-refractivity contribution in [2.45, 2.75) is 25.4 Å². The van der Waals surface area contributed by atoms with Gasteiger partial charge in [0.2, 0.25) is 0 Å². The molecule has 0 amide bonds. The van der Waals surface area contributed by atoms with Gasteiger partial charge in [0.25, 0.3) is 0 Å². The standard InChI is InChI=1S/C6H10O/c7-6-2-1-4-3-5(4)6/h4-7H,1-3H2/t4-,5+,6-/m0/s1. The smallest absolute Gasteiger partial charge is 0.0571 e. The van der Waals surface area contributed by atoms with Gasteiger partial charge in [-0.25, -0.2) is 0 Å². The second-order valence-corrected chi connectivity index (χ2v) is 2.80. The molecule has 2 saturated carbocycles. The van der Waals surface area contributed by atoms with Gasteiger partial charge >= 0.3 is 0 Å². The molecule has 1 heteroatoms. The fraction of sp³-hybridized carbons (Fsp3) is 1.00. The molecule has 0 spiro atoms. The van der Waals surface area contributed by atoms with E-state index in [4.69, 9.17) is 5.11 Å². The van der Waals surface area contributed by atoms with E-state index in [2.05, 4.69) is 0 Å². The third-order valence-electron chi connectivity index (χ3n) is 2.30. The number of aliphatic hydroxyl groups excluding tert-OH is 1. The van der Waals surface area contributed by atoms with E-state index in [1.54, 1.807) is 0 Å². The zero-order valence-corrected chi connectivity index (χ0v) is 4.30. The van der Waals surface area contributed by atoms with Crippen LogP contribution in [0.15, 0.2) is 0 Å². The van der Waals surface area contributed by atoms with E-state index in [0.29, 0.717) is 0 Å². The molecule has 2 rings (SSSR count). The molecular weight excluding hydrogens is 88.1 g/mol. The van der Waals surface area contributed by atoms with Crippen LogP contribution in [0.5, 0.6) is 0 Å². The molecule has 3 atom stereocenters. The van der Waals surface area contributed by atoms with Crippen LogP contribution in [0, 0.1) is 11.8 Å². The van der Waals surface area contributed by atoms with Crippen molar-refractivity contribution < 1.29 is 5.11 Å². The fourth-order valence-electron chi connectivity index (χ4n) is 1.67. The van der Waals surface area contributed by atoms with Crippen molar-refractivity contribution in [1.29, 1.82) is 0 Å². The Morgan fingerprint density at radius 1 is 1.29 bits per heavy atom. The highest BCUT2D eigenvalue weighted by Gasteiger charge is 2.47. The van der Waals surface area contributed by atoms with Crippen molar-refractivity contribution in [1.82, 2.24) is 0 Å². The lowest BCUT2D eigenvalue weighted by molar-refractivity contribution is 0.159. The molecule has 0 heterocycles. The maximum absolute atomic E-state index is 9.04. The van der Waals surface area contributed by atoms with E-state index < -0.39 is 0 Å². The van der Waals surface area contributed by atoms with Crippen molar-refractivity contribution in [3.8, 4) is 0 Å². The monoisotopic (exact) mass is 98.1 g/mol. The van der Waals surface area contributed by atoms with E-state index in [1.165, 1.54) is 12.8 Å². The normalized spacial score (nSPS) is 57.0. The molecule has 0 aliphatic heterocycles. The van der Waals surface area contributed by atoms with Crippen molar-refractivity contribution in [2.75, 3.05) is 0 Å². The summed E-state index contributed by atoms with van der Waals surface area (Å²) in [5, 5.41) is 9.04. The molecule has 1 N–H and O–H groups in total. The Morgan fingerprint density at radius 3 is 2.29 bits per heavy atom. The first-order valence-corrected chi connectivity index (χ1v) is 3.06. The lowest BCUT2D eigenvalue weighted by Gasteiger charge is -1.97. The summed E-state index contributed by atoms with van der Waals surface area (Å²) in [4.78, 5) is 0. The number of hydrogen-bond acceptors (Lipinski definition) is 1. The first kappa shape index (κ1) is 3.90. The summed E-state index contributed by atoms with van der Waals surface area (Å²) in [5.41, 5.74) is 0. The Kier molecular flexibility index (Phi) is 0.571. The molecule has 0 unspecified atom stereocenters. The van der Waals surface area contributed by atoms with E-state index in [9.17, 15) is 0 Å². The number of hydrogen-bond donors (Lipinski definition) is 1. The Hall–Kier alpha value is -0.0400. The molecule has 2 aliphatic rings. The van der Waals surface area contributed by atoms with Crippen molar-refractivity contribution in [3.05, 3.63) is 0 Å². The van der Waals surface area contributed by atoms with Gasteiger partial charge in [0.1, 0.15) is 0 Å². The third-order valence-corrected chi connectivity index (χ3v) is 2.30. The quantitative estimate of drug-likeness (QED) is 0.474. The van der Waals surface area contributed by atoms with Crippen LogP contribution >= 0.6 is 0 Å². The van der Waals surface area contributed by atoms with Crippen LogP contribution in [-0.2, 0) is 0 Å². The van der Waals surface area contributed by atoms with Gasteiger partial charge in [-0.15, -0.1) is 0 Å². The van der Waals surface area contributed by atoms with E-state index >= 15 is 0 Å². The lowest BCUT2D eigenvalue weighted by Crippen LogP contribution is -2.02. The third kappa shape index (κ3) is 0.418. The van der Waals surface area contributed by atoms with E-state index in [1.807, 2.05) is 0 Å². The molecule has 0 radical (unpaired) electrons. The average Bonchev–Trinajstić information content (AvgIpc) is 2.33. The predicted molar refractivity (Wildman–Crippen MR) is 26.8 cm³/mol. The molecule has 0 aromatic heterocycles. The molecule has 0 aromatic carbocycles. The summed E-state index contributed by atoms with van der Waals surface area (Å²) in [6.07, 6.45) is 3.78. The molecular formula is C6H10O. The summed E-state index contributed by atoms with van der Waals surface area (Å²) in [6.45, 7) is 0. The van der Waals surface area contributed by atoms with Gasteiger partial charge in [-0.1, -0.05) is 0 Å². The Labute approximate surface area is 43.3 Å². The number of fused-ring (bicyclic) bond motifs is 1. The lowest BCUT2D eigenvalue weighted by atomic mass is 10.2. The van der Waals surface area contributed by atoms with Gasteiger partial charge in [0.05, 0.1) is 6.10 Å². The molecule has 1 nitrogen and oxygen atoms in total. The largest absolute Gasteiger partial charge is 0.393 e. The maximum Gasteiger partial charge on any atom is 0.0571 e. The number of rotatable bonds is 0. The van der Waals surface area contributed by atoms with Gasteiger partial charge in [-0.3, -0.25) is 0 Å². The Morgan fingerprint density at radius 2 is 2.14 bits per heavy atom. The highest BCUT2D eigenvalue weighted by atomic mass is 16.3. The summed E-state index contributed by atoms with van der Waals surface area (Å²) in [5.74, 6) is 1.68.